The Hall–Kier alpha value is -0.770. The lowest BCUT2D eigenvalue weighted by Crippen LogP contribution is -2.61. The monoisotopic (exact) mass is 228 g/mol. The molecule has 1 unspecified atom stereocenters. The minimum absolute atomic E-state index is 0.0242. The SMILES string of the molecule is CC(N(C)C(=O)OC(C)(C)C)C1(N)CCC1. The van der Waals surface area contributed by atoms with Gasteiger partial charge in [0.1, 0.15) is 5.60 Å². The highest BCUT2D eigenvalue weighted by Gasteiger charge is 2.41. The van der Waals surface area contributed by atoms with Crippen molar-refractivity contribution in [1.29, 1.82) is 0 Å². The highest BCUT2D eigenvalue weighted by molar-refractivity contribution is 5.68. The second-order valence-corrected chi connectivity index (χ2v) is 5.85. The van der Waals surface area contributed by atoms with Crippen LogP contribution < -0.4 is 5.73 Å². The van der Waals surface area contributed by atoms with Gasteiger partial charge in [0.25, 0.3) is 0 Å². The Balaban J connectivity index is 2.56. The molecule has 94 valence electrons. The maximum Gasteiger partial charge on any atom is 0.410 e. The van der Waals surface area contributed by atoms with E-state index in [4.69, 9.17) is 10.5 Å². The van der Waals surface area contributed by atoms with E-state index in [9.17, 15) is 4.79 Å². The predicted molar refractivity (Wildman–Crippen MR) is 64.2 cm³/mol. The molecule has 0 aromatic heterocycles. The number of amides is 1. The first-order valence-electron chi connectivity index (χ1n) is 5.90. The Kier molecular flexibility index (Phi) is 3.53. The summed E-state index contributed by atoms with van der Waals surface area (Å²) in [6, 6.07) is 0.0242. The van der Waals surface area contributed by atoms with E-state index >= 15 is 0 Å². The lowest BCUT2D eigenvalue weighted by molar-refractivity contribution is 0.00868. The topological polar surface area (TPSA) is 55.6 Å². The van der Waals surface area contributed by atoms with Crippen molar-refractivity contribution in [2.24, 2.45) is 5.73 Å². The number of rotatable bonds is 2. The van der Waals surface area contributed by atoms with E-state index in [1.807, 2.05) is 27.7 Å². The quantitative estimate of drug-likeness (QED) is 0.787. The van der Waals surface area contributed by atoms with Crippen LogP contribution in [0, 0.1) is 0 Å². The van der Waals surface area contributed by atoms with Gasteiger partial charge in [-0.3, -0.25) is 0 Å². The number of likely N-dealkylation sites (N-methyl/N-ethyl adjacent to an activating group) is 1. The standard InChI is InChI=1S/C12H24N2O2/c1-9(12(13)7-6-8-12)14(5)10(15)16-11(2,3)4/h9H,6-8,13H2,1-5H3. The van der Waals surface area contributed by atoms with E-state index in [0.29, 0.717) is 0 Å². The minimum atomic E-state index is -0.452. The van der Waals surface area contributed by atoms with Crippen molar-refractivity contribution in [2.75, 3.05) is 7.05 Å². The Labute approximate surface area is 98.1 Å². The van der Waals surface area contributed by atoms with Crippen molar-refractivity contribution >= 4 is 6.09 Å². The summed E-state index contributed by atoms with van der Waals surface area (Å²) in [6.45, 7) is 7.59. The second kappa shape index (κ2) is 4.24. The zero-order valence-electron chi connectivity index (χ0n) is 11.0. The first-order valence-corrected chi connectivity index (χ1v) is 5.90. The Morgan fingerprint density at radius 2 is 1.94 bits per heavy atom. The van der Waals surface area contributed by atoms with Gasteiger partial charge in [-0.05, 0) is 47.0 Å². The second-order valence-electron chi connectivity index (χ2n) is 5.85. The van der Waals surface area contributed by atoms with Gasteiger partial charge < -0.3 is 15.4 Å². The van der Waals surface area contributed by atoms with Crippen molar-refractivity contribution in [1.82, 2.24) is 4.90 Å². The highest BCUT2D eigenvalue weighted by atomic mass is 16.6. The third-order valence-electron chi connectivity index (χ3n) is 3.38. The van der Waals surface area contributed by atoms with Crippen molar-refractivity contribution in [3.05, 3.63) is 0 Å². The van der Waals surface area contributed by atoms with Gasteiger partial charge in [0, 0.05) is 18.6 Å². The molecule has 0 bridgehead atoms. The summed E-state index contributed by atoms with van der Waals surface area (Å²) in [5.74, 6) is 0. The van der Waals surface area contributed by atoms with Crippen LogP contribution in [-0.4, -0.2) is 35.2 Å². The molecule has 0 radical (unpaired) electrons. The molecule has 1 rings (SSSR count). The summed E-state index contributed by atoms with van der Waals surface area (Å²) >= 11 is 0. The van der Waals surface area contributed by atoms with Crippen LogP contribution in [0.25, 0.3) is 0 Å². The van der Waals surface area contributed by atoms with E-state index in [-0.39, 0.29) is 17.7 Å². The summed E-state index contributed by atoms with van der Waals surface area (Å²) in [5.41, 5.74) is 5.53. The van der Waals surface area contributed by atoms with Gasteiger partial charge in [-0.2, -0.15) is 0 Å². The van der Waals surface area contributed by atoms with Crippen molar-refractivity contribution in [2.45, 2.75) is 64.1 Å². The molecular formula is C12H24N2O2. The van der Waals surface area contributed by atoms with Crippen LogP contribution in [0.2, 0.25) is 0 Å². The maximum atomic E-state index is 11.8. The van der Waals surface area contributed by atoms with Gasteiger partial charge in [0.15, 0.2) is 0 Å². The molecule has 0 aliphatic heterocycles. The third kappa shape index (κ3) is 2.88. The van der Waals surface area contributed by atoms with Crippen LogP contribution >= 0.6 is 0 Å². The average Bonchev–Trinajstić information content (AvgIpc) is 2.09. The van der Waals surface area contributed by atoms with Crippen LogP contribution in [0.1, 0.15) is 47.0 Å². The number of ether oxygens (including phenoxy) is 1. The Bertz CT molecular complexity index is 267. The van der Waals surface area contributed by atoms with Gasteiger partial charge >= 0.3 is 6.09 Å². The molecule has 1 saturated carbocycles. The number of nitrogens with two attached hydrogens (primary N) is 1. The fourth-order valence-corrected chi connectivity index (χ4v) is 1.88. The van der Waals surface area contributed by atoms with Crippen molar-refractivity contribution < 1.29 is 9.53 Å². The van der Waals surface area contributed by atoms with E-state index in [1.54, 1.807) is 11.9 Å². The lowest BCUT2D eigenvalue weighted by Gasteiger charge is -2.46. The molecule has 0 heterocycles. The first kappa shape index (κ1) is 13.3. The number of hydrogen-bond acceptors (Lipinski definition) is 3. The van der Waals surface area contributed by atoms with E-state index in [1.165, 1.54) is 0 Å². The summed E-state index contributed by atoms with van der Waals surface area (Å²) in [4.78, 5) is 13.5. The molecule has 1 aliphatic carbocycles. The van der Waals surface area contributed by atoms with Crippen molar-refractivity contribution in [3.63, 3.8) is 0 Å². The first-order chi connectivity index (χ1) is 7.16. The smallest absolute Gasteiger partial charge is 0.410 e. The zero-order valence-corrected chi connectivity index (χ0v) is 11.0. The van der Waals surface area contributed by atoms with Gasteiger partial charge in [-0.15, -0.1) is 0 Å². The number of nitrogens with zero attached hydrogens (tertiary/aromatic N) is 1. The molecular weight excluding hydrogens is 204 g/mol. The van der Waals surface area contributed by atoms with Crippen LogP contribution in [0.3, 0.4) is 0 Å². The summed E-state index contributed by atoms with van der Waals surface area (Å²) in [5, 5.41) is 0. The van der Waals surface area contributed by atoms with E-state index < -0.39 is 5.60 Å². The highest BCUT2D eigenvalue weighted by Crippen LogP contribution is 2.34. The lowest BCUT2D eigenvalue weighted by atomic mass is 9.72. The fraction of sp³-hybridized carbons (Fsp3) is 0.917. The van der Waals surface area contributed by atoms with Gasteiger partial charge in [-0.1, -0.05) is 0 Å². The fourth-order valence-electron chi connectivity index (χ4n) is 1.88. The molecule has 1 amide bonds. The molecule has 0 aromatic carbocycles. The number of hydrogen-bond donors (Lipinski definition) is 1. The normalized spacial score (nSPS) is 20.9. The van der Waals surface area contributed by atoms with Gasteiger partial charge in [0.05, 0.1) is 0 Å². The third-order valence-corrected chi connectivity index (χ3v) is 3.38. The van der Waals surface area contributed by atoms with Crippen LogP contribution in [0.4, 0.5) is 4.79 Å². The zero-order chi connectivity index (χ0) is 12.6. The largest absolute Gasteiger partial charge is 0.444 e. The molecule has 1 atom stereocenters. The van der Waals surface area contributed by atoms with Gasteiger partial charge in [0.2, 0.25) is 0 Å². The molecule has 4 heteroatoms. The maximum absolute atomic E-state index is 11.8. The van der Waals surface area contributed by atoms with Crippen molar-refractivity contribution in [3.8, 4) is 0 Å². The predicted octanol–water partition coefficient (Wildman–Crippen LogP) is 2.12. The molecule has 0 spiro atoms. The van der Waals surface area contributed by atoms with Gasteiger partial charge in [-0.25, -0.2) is 4.79 Å². The average molecular weight is 228 g/mol. The Morgan fingerprint density at radius 1 is 1.44 bits per heavy atom. The van der Waals surface area contributed by atoms with Crippen LogP contribution in [0.15, 0.2) is 0 Å². The Morgan fingerprint density at radius 3 is 2.25 bits per heavy atom. The molecule has 1 aliphatic rings. The van der Waals surface area contributed by atoms with Crippen LogP contribution in [0.5, 0.6) is 0 Å². The molecule has 0 aromatic rings. The summed E-state index contributed by atoms with van der Waals surface area (Å²) in [7, 11) is 1.76. The molecule has 16 heavy (non-hydrogen) atoms. The number of carbonyl (C=O) groups is 1. The van der Waals surface area contributed by atoms with Crippen LogP contribution in [-0.2, 0) is 4.74 Å². The van der Waals surface area contributed by atoms with E-state index in [2.05, 4.69) is 0 Å². The number of carbonyl (C=O) groups excluding carboxylic acids is 1. The molecule has 1 fully saturated rings. The minimum Gasteiger partial charge on any atom is -0.444 e. The molecule has 0 saturated heterocycles. The summed E-state index contributed by atoms with van der Waals surface area (Å²) < 4.78 is 5.32. The summed E-state index contributed by atoms with van der Waals surface area (Å²) in [6.07, 6.45) is 2.84. The molecule has 4 nitrogen and oxygen atoms in total. The molecule has 2 N–H and O–H groups in total. The van der Waals surface area contributed by atoms with E-state index in [0.717, 1.165) is 19.3 Å².